The number of halogens is 1. The Kier molecular flexibility index (Phi) is 5.12. The molecule has 0 aliphatic rings. The molecule has 88 valence electrons. The van der Waals surface area contributed by atoms with Crippen LogP contribution in [-0.2, 0) is 11.2 Å². The van der Waals surface area contributed by atoms with Gasteiger partial charge in [-0.05, 0) is 24.1 Å². The molecule has 0 aromatic heterocycles. The van der Waals surface area contributed by atoms with Crippen LogP contribution in [0.4, 0.5) is 5.69 Å². The third-order valence-corrected chi connectivity index (χ3v) is 2.46. The zero-order valence-corrected chi connectivity index (χ0v) is 10.3. The monoisotopic (exact) mass is 241 g/mol. The highest BCUT2D eigenvalue weighted by Gasteiger charge is 2.07. The molecule has 0 atom stereocenters. The summed E-state index contributed by atoms with van der Waals surface area (Å²) >= 11 is 5.50. The van der Waals surface area contributed by atoms with E-state index in [1.165, 1.54) is 0 Å². The lowest BCUT2D eigenvalue weighted by atomic mass is 10.1. The summed E-state index contributed by atoms with van der Waals surface area (Å²) in [5.41, 5.74) is 1.86. The van der Waals surface area contributed by atoms with E-state index in [4.69, 9.17) is 16.3 Å². The number of rotatable bonds is 5. The summed E-state index contributed by atoms with van der Waals surface area (Å²) in [6, 6.07) is 5.76. The molecule has 1 rings (SSSR count). The molecule has 1 amide bonds. The first-order chi connectivity index (χ1) is 7.71. The lowest BCUT2D eigenvalue weighted by molar-refractivity contribution is -0.115. The van der Waals surface area contributed by atoms with Gasteiger partial charge in [-0.3, -0.25) is 4.79 Å². The van der Waals surface area contributed by atoms with E-state index in [1.807, 2.05) is 18.2 Å². The van der Waals surface area contributed by atoms with Gasteiger partial charge < -0.3 is 10.1 Å². The number of anilines is 1. The number of hydrogen-bond donors (Lipinski definition) is 1. The summed E-state index contributed by atoms with van der Waals surface area (Å²) in [5.74, 6) is 0.892. The van der Waals surface area contributed by atoms with Gasteiger partial charge in [0.15, 0.2) is 0 Å². The fraction of sp³-hybridized carbons (Fsp3) is 0.417. The Morgan fingerprint density at radius 3 is 2.81 bits per heavy atom. The van der Waals surface area contributed by atoms with Gasteiger partial charge in [-0.2, -0.15) is 0 Å². The van der Waals surface area contributed by atoms with Crippen molar-refractivity contribution in [1.29, 1.82) is 0 Å². The van der Waals surface area contributed by atoms with Gasteiger partial charge in [0.2, 0.25) is 5.91 Å². The Bertz CT molecular complexity index is 366. The predicted molar refractivity (Wildman–Crippen MR) is 66.3 cm³/mol. The number of aryl methyl sites for hydroxylation is 1. The summed E-state index contributed by atoms with van der Waals surface area (Å²) in [7, 11) is 1.58. The molecule has 1 N–H and O–H groups in total. The van der Waals surface area contributed by atoms with Crippen LogP contribution in [0.15, 0.2) is 18.2 Å². The van der Waals surface area contributed by atoms with E-state index in [2.05, 4.69) is 12.2 Å². The van der Waals surface area contributed by atoms with Gasteiger partial charge in [-0.1, -0.05) is 13.0 Å². The molecule has 0 aliphatic carbocycles. The molecule has 1 aromatic rings. The molecule has 0 bridgehead atoms. The number of methoxy groups -OCH3 is 1. The van der Waals surface area contributed by atoms with E-state index in [1.54, 1.807) is 7.11 Å². The average Bonchev–Trinajstić information content (AvgIpc) is 2.29. The predicted octanol–water partition coefficient (Wildman–Crippen LogP) is 2.83. The smallest absolute Gasteiger partial charge is 0.225 e. The van der Waals surface area contributed by atoms with Crippen molar-refractivity contribution < 1.29 is 9.53 Å². The fourth-order valence-electron chi connectivity index (χ4n) is 1.37. The second-order valence-electron chi connectivity index (χ2n) is 3.38. The van der Waals surface area contributed by atoms with Crippen LogP contribution in [0, 0.1) is 0 Å². The van der Waals surface area contributed by atoms with Crippen LogP contribution >= 0.6 is 11.6 Å². The van der Waals surface area contributed by atoms with Crippen molar-refractivity contribution in [2.45, 2.75) is 19.8 Å². The highest BCUT2D eigenvalue weighted by atomic mass is 35.5. The first-order valence-corrected chi connectivity index (χ1v) is 5.77. The van der Waals surface area contributed by atoms with E-state index < -0.39 is 0 Å². The molecule has 16 heavy (non-hydrogen) atoms. The minimum absolute atomic E-state index is 0.0958. The SMILES string of the molecule is CCc1ccc(OC)c(NC(=O)CCCl)c1. The molecule has 0 heterocycles. The Hall–Kier alpha value is -1.22. The highest BCUT2D eigenvalue weighted by molar-refractivity contribution is 6.19. The number of hydrogen-bond acceptors (Lipinski definition) is 2. The second-order valence-corrected chi connectivity index (χ2v) is 3.75. The second kappa shape index (κ2) is 6.38. The molecule has 0 unspecified atom stereocenters. The van der Waals surface area contributed by atoms with Gasteiger partial charge in [-0.15, -0.1) is 11.6 Å². The largest absolute Gasteiger partial charge is 0.495 e. The molecule has 3 nitrogen and oxygen atoms in total. The summed E-state index contributed by atoms with van der Waals surface area (Å²) in [4.78, 5) is 11.4. The molecule has 0 saturated heterocycles. The first-order valence-electron chi connectivity index (χ1n) is 5.24. The summed E-state index contributed by atoms with van der Waals surface area (Å²) in [6.45, 7) is 2.06. The molecular formula is C12H16ClNO2. The molecule has 0 saturated carbocycles. The van der Waals surface area contributed by atoms with Gasteiger partial charge in [-0.25, -0.2) is 0 Å². The van der Waals surface area contributed by atoms with Gasteiger partial charge in [0.25, 0.3) is 0 Å². The van der Waals surface area contributed by atoms with Crippen LogP contribution in [0.25, 0.3) is 0 Å². The van der Waals surface area contributed by atoms with Gasteiger partial charge in [0, 0.05) is 12.3 Å². The van der Waals surface area contributed by atoms with E-state index in [0.29, 0.717) is 23.7 Å². The van der Waals surface area contributed by atoms with Crippen LogP contribution in [0.3, 0.4) is 0 Å². The molecule has 0 fully saturated rings. The zero-order chi connectivity index (χ0) is 12.0. The third-order valence-electron chi connectivity index (χ3n) is 2.27. The van der Waals surface area contributed by atoms with E-state index >= 15 is 0 Å². The Morgan fingerprint density at radius 2 is 2.25 bits per heavy atom. The van der Waals surface area contributed by atoms with Crippen molar-refractivity contribution in [3.63, 3.8) is 0 Å². The molecule has 1 aromatic carbocycles. The normalized spacial score (nSPS) is 9.94. The van der Waals surface area contributed by atoms with Crippen LogP contribution in [0.5, 0.6) is 5.75 Å². The Labute approximate surface area is 101 Å². The quantitative estimate of drug-likeness (QED) is 0.805. The Morgan fingerprint density at radius 1 is 1.50 bits per heavy atom. The summed E-state index contributed by atoms with van der Waals surface area (Å²) < 4.78 is 5.18. The van der Waals surface area contributed by atoms with Crippen molar-refractivity contribution in [1.82, 2.24) is 0 Å². The maximum Gasteiger partial charge on any atom is 0.225 e. The van der Waals surface area contributed by atoms with Crippen molar-refractivity contribution >= 4 is 23.2 Å². The van der Waals surface area contributed by atoms with Gasteiger partial charge in [0.05, 0.1) is 12.8 Å². The number of ether oxygens (including phenoxy) is 1. The fourth-order valence-corrected chi connectivity index (χ4v) is 1.54. The summed E-state index contributed by atoms with van der Waals surface area (Å²) in [6.07, 6.45) is 1.23. The number of amides is 1. The Balaban J connectivity index is 2.86. The van der Waals surface area contributed by atoms with Crippen molar-refractivity contribution in [2.24, 2.45) is 0 Å². The third kappa shape index (κ3) is 3.42. The van der Waals surface area contributed by atoms with Crippen molar-refractivity contribution in [3.8, 4) is 5.75 Å². The maximum atomic E-state index is 11.4. The van der Waals surface area contributed by atoms with Crippen LogP contribution in [0.2, 0.25) is 0 Å². The standard InChI is InChI=1S/C12H16ClNO2/c1-3-9-4-5-11(16-2)10(8-9)14-12(15)6-7-13/h4-5,8H,3,6-7H2,1-2H3,(H,14,15). The number of carbonyl (C=O) groups excluding carboxylic acids is 1. The lowest BCUT2D eigenvalue weighted by Gasteiger charge is -2.11. The molecule has 0 radical (unpaired) electrons. The van der Waals surface area contributed by atoms with Gasteiger partial charge in [0.1, 0.15) is 5.75 Å². The summed E-state index contributed by atoms with van der Waals surface area (Å²) in [5, 5.41) is 2.79. The molecule has 0 aliphatic heterocycles. The van der Waals surface area contributed by atoms with E-state index in [0.717, 1.165) is 12.0 Å². The van der Waals surface area contributed by atoms with Crippen LogP contribution in [-0.4, -0.2) is 18.9 Å². The number of alkyl halides is 1. The van der Waals surface area contributed by atoms with Gasteiger partial charge >= 0.3 is 0 Å². The van der Waals surface area contributed by atoms with Crippen LogP contribution < -0.4 is 10.1 Å². The number of nitrogens with one attached hydrogen (secondary N) is 1. The molecule has 0 spiro atoms. The maximum absolute atomic E-state index is 11.4. The van der Waals surface area contributed by atoms with Crippen LogP contribution in [0.1, 0.15) is 18.9 Å². The highest BCUT2D eigenvalue weighted by Crippen LogP contribution is 2.25. The minimum atomic E-state index is -0.0958. The molecule has 4 heteroatoms. The van der Waals surface area contributed by atoms with Crippen molar-refractivity contribution in [3.05, 3.63) is 23.8 Å². The zero-order valence-electron chi connectivity index (χ0n) is 9.55. The molecular weight excluding hydrogens is 226 g/mol. The van der Waals surface area contributed by atoms with E-state index in [9.17, 15) is 4.79 Å². The lowest BCUT2D eigenvalue weighted by Crippen LogP contribution is -2.12. The average molecular weight is 242 g/mol. The van der Waals surface area contributed by atoms with E-state index in [-0.39, 0.29) is 5.91 Å². The number of benzene rings is 1. The number of carbonyl (C=O) groups is 1. The first kappa shape index (κ1) is 12.8. The topological polar surface area (TPSA) is 38.3 Å². The minimum Gasteiger partial charge on any atom is -0.495 e. The van der Waals surface area contributed by atoms with Crippen molar-refractivity contribution in [2.75, 3.05) is 18.3 Å².